The third-order valence-corrected chi connectivity index (χ3v) is 2.11. The van der Waals surface area contributed by atoms with Crippen LogP contribution in [0.1, 0.15) is 0 Å². The first kappa shape index (κ1) is 10.4. The maximum atomic E-state index is 5.74. The van der Waals surface area contributed by atoms with E-state index in [1.807, 2.05) is 13.2 Å². The van der Waals surface area contributed by atoms with Crippen LogP contribution in [0.3, 0.4) is 0 Å². The van der Waals surface area contributed by atoms with E-state index in [1.165, 1.54) is 5.01 Å². The van der Waals surface area contributed by atoms with Gasteiger partial charge in [-0.15, -0.1) is 0 Å². The lowest BCUT2D eigenvalue weighted by atomic mass is 10.3. The molecule has 2 heterocycles. The molecular weight excluding hydrogens is 206 g/mol. The molecule has 84 valence electrons. The first-order valence-electron chi connectivity index (χ1n) is 4.68. The van der Waals surface area contributed by atoms with Crippen molar-refractivity contribution in [3.63, 3.8) is 0 Å². The fraction of sp³-hybridized carbons (Fsp3) is 0.222. The minimum Gasteiger partial charge on any atom is -0.381 e. The molecule has 0 saturated carbocycles. The summed E-state index contributed by atoms with van der Waals surface area (Å²) in [6.45, 7) is 0. The standard InChI is InChI=1S/C9H13N7/c1-15-5-6(3-13-15)7-4-12-9(16(2)11)8(10)14-7/h3-5H,11H2,1-2H3,(H2,10,14). The summed E-state index contributed by atoms with van der Waals surface area (Å²) in [7, 11) is 3.49. The molecule has 7 heteroatoms. The minimum atomic E-state index is 0.298. The van der Waals surface area contributed by atoms with Crippen LogP contribution in [0.5, 0.6) is 0 Å². The summed E-state index contributed by atoms with van der Waals surface area (Å²) in [5.74, 6) is 6.29. The summed E-state index contributed by atoms with van der Waals surface area (Å²) in [5.41, 5.74) is 7.29. The zero-order valence-electron chi connectivity index (χ0n) is 9.12. The number of aryl methyl sites for hydroxylation is 1. The Bertz CT molecular complexity index is 502. The molecule has 0 bridgehead atoms. The number of rotatable bonds is 2. The zero-order valence-corrected chi connectivity index (χ0v) is 9.12. The number of anilines is 2. The second kappa shape index (κ2) is 3.78. The second-order valence-electron chi connectivity index (χ2n) is 3.48. The van der Waals surface area contributed by atoms with Gasteiger partial charge in [-0.05, 0) is 0 Å². The van der Waals surface area contributed by atoms with Gasteiger partial charge in [0.15, 0.2) is 11.6 Å². The van der Waals surface area contributed by atoms with Crippen LogP contribution < -0.4 is 16.6 Å². The molecule has 0 atom stereocenters. The molecule has 16 heavy (non-hydrogen) atoms. The second-order valence-corrected chi connectivity index (χ2v) is 3.48. The molecule has 4 N–H and O–H groups in total. The van der Waals surface area contributed by atoms with Crippen molar-refractivity contribution in [2.45, 2.75) is 0 Å². The maximum Gasteiger partial charge on any atom is 0.185 e. The molecule has 0 aliphatic rings. The quantitative estimate of drug-likeness (QED) is 0.534. The van der Waals surface area contributed by atoms with Gasteiger partial charge in [-0.3, -0.25) is 9.69 Å². The highest BCUT2D eigenvalue weighted by Crippen LogP contribution is 2.20. The van der Waals surface area contributed by atoms with E-state index in [1.54, 1.807) is 24.1 Å². The summed E-state index contributed by atoms with van der Waals surface area (Å²) in [6.07, 6.45) is 5.16. The van der Waals surface area contributed by atoms with Crippen molar-refractivity contribution in [1.82, 2.24) is 19.7 Å². The van der Waals surface area contributed by atoms with Crippen LogP contribution in [0, 0.1) is 0 Å². The first-order chi connectivity index (χ1) is 7.58. The molecule has 2 aromatic rings. The van der Waals surface area contributed by atoms with Crippen molar-refractivity contribution in [3.05, 3.63) is 18.6 Å². The van der Waals surface area contributed by atoms with Crippen LogP contribution in [-0.4, -0.2) is 26.8 Å². The molecule has 7 nitrogen and oxygen atoms in total. The molecule has 0 aliphatic carbocycles. The first-order valence-corrected chi connectivity index (χ1v) is 4.68. The van der Waals surface area contributed by atoms with Crippen LogP contribution >= 0.6 is 0 Å². The van der Waals surface area contributed by atoms with Crippen molar-refractivity contribution >= 4 is 11.6 Å². The Labute approximate surface area is 92.7 Å². The van der Waals surface area contributed by atoms with E-state index in [4.69, 9.17) is 11.6 Å². The van der Waals surface area contributed by atoms with Crippen LogP contribution in [0.15, 0.2) is 18.6 Å². The average Bonchev–Trinajstić information content (AvgIpc) is 2.64. The average molecular weight is 219 g/mol. The van der Waals surface area contributed by atoms with Gasteiger partial charge in [-0.1, -0.05) is 0 Å². The highest BCUT2D eigenvalue weighted by atomic mass is 15.4. The van der Waals surface area contributed by atoms with E-state index < -0.39 is 0 Å². The highest BCUT2D eigenvalue weighted by Gasteiger charge is 2.08. The summed E-state index contributed by atoms with van der Waals surface area (Å²) in [4.78, 5) is 8.36. The third-order valence-electron chi connectivity index (χ3n) is 2.11. The molecule has 0 radical (unpaired) electrons. The lowest BCUT2D eigenvalue weighted by Crippen LogP contribution is -2.27. The fourth-order valence-corrected chi connectivity index (χ4v) is 1.36. The topological polar surface area (TPSA) is 98.9 Å². The van der Waals surface area contributed by atoms with Crippen molar-refractivity contribution in [1.29, 1.82) is 0 Å². The molecular formula is C9H13N7. The number of hydrogen-bond donors (Lipinski definition) is 2. The Hall–Kier alpha value is -2.15. The lowest BCUT2D eigenvalue weighted by Gasteiger charge is -2.12. The lowest BCUT2D eigenvalue weighted by molar-refractivity contribution is 0.768. The number of nitrogen functional groups attached to an aromatic ring is 1. The van der Waals surface area contributed by atoms with Gasteiger partial charge in [0.25, 0.3) is 0 Å². The number of hydrazine groups is 1. The molecule has 2 aromatic heterocycles. The SMILES string of the molecule is CN(N)c1ncc(-c2cnn(C)c2)nc1N. The van der Waals surface area contributed by atoms with Crippen molar-refractivity contribution in [2.75, 3.05) is 17.8 Å². The number of nitrogens with zero attached hydrogens (tertiary/aromatic N) is 5. The van der Waals surface area contributed by atoms with Crippen molar-refractivity contribution in [2.24, 2.45) is 12.9 Å². The Morgan fingerprint density at radius 3 is 2.62 bits per heavy atom. The van der Waals surface area contributed by atoms with Gasteiger partial charge in [0.1, 0.15) is 0 Å². The third kappa shape index (κ3) is 1.80. The Balaban J connectivity index is 2.42. The predicted molar refractivity (Wildman–Crippen MR) is 61.2 cm³/mol. The van der Waals surface area contributed by atoms with Gasteiger partial charge in [-0.25, -0.2) is 15.8 Å². The van der Waals surface area contributed by atoms with Crippen LogP contribution in [0.2, 0.25) is 0 Å². The molecule has 2 rings (SSSR count). The van der Waals surface area contributed by atoms with E-state index >= 15 is 0 Å². The minimum absolute atomic E-state index is 0.298. The van der Waals surface area contributed by atoms with E-state index in [2.05, 4.69) is 15.1 Å². The van der Waals surface area contributed by atoms with Gasteiger partial charge in [0, 0.05) is 25.9 Å². The summed E-state index contributed by atoms with van der Waals surface area (Å²) in [5, 5.41) is 5.38. The van der Waals surface area contributed by atoms with Gasteiger partial charge >= 0.3 is 0 Å². The maximum absolute atomic E-state index is 5.74. The molecule has 0 fully saturated rings. The molecule has 0 amide bonds. The summed E-state index contributed by atoms with van der Waals surface area (Å²) >= 11 is 0. The van der Waals surface area contributed by atoms with Gasteiger partial charge < -0.3 is 5.73 Å². The molecule has 0 aromatic carbocycles. The summed E-state index contributed by atoms with van der Waals surface area (Å²) in [6, 6.07) is 0. The van der Waals surface area contributed by atoms with E-state index in [0.29, 0.717) is 17.3 Å². The van der Waals surface area contributed by atoms with E-state index in [-0.39, 0.29) is 0 Å². The number of hydrogen-bond acceptors (Lipinski definition) is 6. The van der Waals surface area contributed by atoms with E-state index in [9.17, 15) is 0 Å². The monoisotopic (exact) mass is 219 g/mol. The molecule has 0 spiro atoms. The molecule has 0 unspecified atom stereocenters. The van der Waals surface area contributed by atoms with Crippen molar-refractivity contribution < 1.29 is 0 Å². The zero-order chi connectivity index (χ0) is 11.7. The number of nitrogens with two attached hydrogens (primary N) is 2. The summed E-state index contributed by atoms with van der Waals surface area (Å²) < 4.78 is 1.69. The Kier molecular flexibility index (Phi) is 2.45. The smallest absolute Gasteiger partial charge is 0.185 e. The van der Waals surface area contributed by atoms with Crippen LogP contribution in [0.25, 0.3) is 11.3 Å². The molecule has 0 aliphatic heterocycles. The van der Waals surface area contributed by atoms with Gasteiger partial charge in [-0.2, -0.15) is 5.10 Å². The van der Waals surface area contributed by atoms with Crippen LogP contribution in [-0.2, 0) is 7.05 Å². The Morgan fingerprint density at radius 2 is 2.12 bits per heavy atom. The van der Waals surface area contributed by atoms with Gasteiger partial charge in [0.2, 0.25) is 0 Å². The predicted octanol–water partition coefficient (Wildman–Crippen LogP) is -0.231. The highest BCUT2D eigenvalue weighted by molar-refractivity contribution is 5.64. The number of aromatic nitrogens is 4. The largest absolute Gasteiger partial charge is 0.381 e. The molecule has 0 saturated heterocycles. The Morgan fingerprint density at radius 1 is 1.38 bits per heavy atom. The normalized spacial score (nSPS) is 10.4. The van der Waals surface area contributed by atoms with Crippen LogP contribution in [0.4, 0.5) is 11.6 Å². The van der Waals surface area contributed by atoms with Crippen molar-refractivity contribution in [3.8, 4) is 11.3 Å². The fourth-order valence-electron chi connectivity index (χ4n) is 1.36. The van der Waals surface area contributed by atoms with E-state index in [0.717, 1.165) is 5.56 Å². The van der Waals surface area contributed by atoms with Gasteiger partial charge in [0.05, 0.1) is 18.1 Å².